The zero-order valence-corrected chi connectivity index (χ0v) is 14.1. The number of aromatic nitrogens is 1. The van der Waals surface area contributed by atoms with Crippen LogP contribution in [0.2, 0.25) is 0 Å². The molecule has 0 aliphatic carbocycles. The van der Waals surface area contributed by atoms with Crippen LogP contribution in [0.25, 0.3) is 10.9 Å². The number of carbonyl (C=O) groups excluding carboxylic acids is 1. The summed E-state index contributed by atoms with van der Waals surface area (Å²) in [5.41, 5.74) is 1.57. The van der Waals surface area contributed by atoms with Crippen molar-refractivity contribution in [1.82, 2.24) is 10.3 Å². The van der Waals surface area contributed by atoms with Crippen LogP contribution in [0.4, 0.5) is 0 Å². The maximum Gasteiger partial charge on any atom is 0.163 e. The minimum absolute atomic E-state index is 0. The fourth-order valence-corrected chi connectivity index (χ4v) is 3.52. The van der Waals surface area contributed by atoms with Gasteiger partial charge in [-0.2, -0.15) is 0 Å². The van der Waals surface area contributed by atoms with E-state index in [1.165, 1.54) is 0 Å². The zero-order valence-electron chi connectivity index (χ0n) is 14.1. The van der Waals surface area contributed by atoms with Crippen LogP contribution in [0.15, 0.2) is 43.1 Å². The summed E-state index contributed by atoms with van der Waals surface area (Å²) >= 11 is 0. The number of piperidine rings is 1. The molecular weight excluding hydrogens is 312 g/mol. The molecule has 1 N–H and O–H groups in total. The lowest BCUT2D eigenvalue weighted by Crippen LogP contribution is -2.35. The van der Waals surface area contributed by atoms with Crippen molar-refractivity contribution in [1.29, 1.82) is 0 Å². The molecule has 1 aliphatic heterocycles. The summed E-state index contributed by atoms with van der Waals surface area (Å²) in [5, 5.41) is 4.26. The van der Waals surface area contributed by atoms with Crippen molar-refractivity contribution < 1.29 is 9.53 Å². The molecule has 1 fully saturated rings. The lowest BCUT2D eigenvalue weighted by molar-refractivity contribution is 0.0968. The molecule has 0 spiro atoms. The highest BCUT2D eigenvalue weighted by molar-refractivity contribution is 6.07. The predicted octanol–water partition coefficient (Wildman–Crippen LogP) is 4.25. The number of ether oxygens (including phenoxy) is 1. The molecule has 1 aromatic carbocycles. The van der Waals surface area contributed by atoms with Crippen LogP contribution in [0.3, 0.4) is 0 Å². The van der Waals surface area contributed by atoms with E-state index in [1.54, 1.807) is 13.3 Å². The number of pyridine rings is 1. The normalized spacial score (nSPS) is 19.9. The number of Topliss-reactive ketones (excluding diaryl/α,β-unsaturated/α-hetero) is 1. The van der Waals surface area contributed by atoms with Gasteiger partial charge in [-0.15, -0.1) is 6.58 Å². The second-order valence-corrected chi connectivity index (χ2v) is 6.36. The van der Waals surface area contributed by atoms with Gasteiger partial charge in [0.25, 0.3) is 0 Å². The van der Waals surface area contributed by atoms with E-state index in [1.807, 2.05) is 30.3 Å². The Balaban J connectivity index is 0.00000225. The number of nitrogens with one attached hydrogen (secondary N) is 1. The molecule has 1 aromatic heterocycles. The highest BCUT2D eigenvalue weighted by atomic mass is 16.5. The Morgan fingerprint density at radius 2 is 2.28 bits per heavy atom. The Morgan fingerprint density at radius 3 is 3.04 bits per heavy atom. The number of rotatable bonds is 6. The highest BCUT2D eigenvalue weighted by Crippen LogP contribution is 2.28. The standard InChI is InChI=1S/C20H24N2O2.CH4/c1-3-14-13-21-10-8-15(14)4-7-20(23)17-9-11-22-19-6-5-16(24-2)12-18(17)19;/h3,5-6,9,11-12,14-15,21H,1,4,7-8,10,13H2,2H3;1H4. The van der Waals surface area contributed by atoms with Gasteiger partial charge in [-0.25, -0.2) is 0 Å². The van der Waals surface area contributed by atoms with Gasteiger partial charge < -0.3 is 10.1 Å². The second kappa shape index (κ2) is 8.77. The zero-order chi connectivity index (χ0) is 16.9. The van der Waals surface area contributed by atoms with Crippen LogP contribution in [-0.2, 0) is 0 Å². The summed E-state index contributed by atoms with van der Waals surface area (Å²) < 4.78 is 5.28. The molecule has 1 aliphatic rings. The number of nitrogens with zero attached hydrogens (tertiary/aromatic N) is 1. The van der Waals surface area contributed by atoms with Gasteiger partial charge in [-0.3, -0.25) is 9.78 Å². The van der Waals surface area contributed by atoms with Gasteiger partial charge in [0.1, 0.15) is 5.75 Å². The van der Waals surface area contributed by atoms with E-state index in [-0.39, 0.29) is 13.2 Å². The summed E-state index contributed by atoms with van der Waals surface area (Å²) in [6.45, 7) is 5.93. The van der Waals surface area contributed by atoms with Crippen molar-refractivity contribution in [3.05, 3.63) is 48.7 Å². The van der Waals surface area contributed by atoms with Gasteiger partial charge in [0.2, 0.25) is 0 Å². The number of fused-ring (bicyclic) bond motifs is 1. The first kappa shape index (κ1) is 19.1. The van der Waals surface area contributed by atoms with E-state index in [2.05, 4.69) is 16.9 Å². The first-order valence-corrected chi connectivity index (χ1v) is 8.52. The molecule has 2 heterocycles. The summed E-state index contributed by atoms with van der Waals surface area (Å²) in [6.07, 6.45) is 6.30. The van der Waals surface area contributed by atoms with Crippen molar-refractivity contribution in [2.45, 2.75) is 26.7 Å². The van der Waals surface area contributed by atoms with E-state index in [0.29, 0.717) is 18.3 Å². The van der Waals surface area contributed by atoms with Crippen LogP contribution in [0.1, 0.15) is 37.0 Å². The molecule has 0 bridgehead atoms. The minimum Gasteiger partial charge on any atom is -0.497 e. The average Bonchev–Trinajstić information content (AvgIpc) is 2.65. The number of hydrogen-bond donors (Lipinski definition) is 1. The average molecular weight is 340 g/mol. The van der Waals surface area contributed by atoms with Gasteiger partial charge in [-0.1, -0.05) is 13.5 Å². The summed E-state index contributed by atoms with van der Waals surface area (Å²) in [6, 6.07) is 7.48. The molecule has 134 valence electrons. The predicted molar refractivity (Wildman–Crippen MR) is 103 cm³/mol. The van der Waals surface area contributed by atoms with Crippen LogP contribution in [0, 0.1) is 11.8 Å². The van der Waals surface area contributed by atoms with E-state index in [9.17, 15) is 4.79 Å². The maximum atomic E-state index is 12.8. The molecule has 4 nitrogen and oxygen atoms in total. The molecule has 3 rings (SSSR count). The quantitative estimate of drug-likeness (QED) is 0.631. The second-order valence-electron chi connectivity index (χ2n) is 6.36. The molecule has 2 aromatic rings. The Kier molecular flexibility index (Phi) is 6.71. The highest BCUT2D eigenvalue weighted by Gasteiger charge is 2.23. The number of hydrogen-bond acceptors (Lipinski definition) is 4. The molecule has 0 saturated carbocycles. The fourth-order valence-electron chi connectivity index (χ4n) is 3.52. The van der Waals surface area contributed by atoms with Crippen molar-refractivity contribution in [2.75, 3.05) is 20.2 Å². The smallest absolute Gasteiger partial charge is 0.163 e. The molecule has 25 heavy (non-hydrogen) atoms. The summed E-state index contributed by atoms with van der Waals surface area (Å²) in [5.74, 6) is 1.92. The Morgan fingerprint density at radius 1 is 1.44 bits per heavy atom. The maximum absolute atomic E-state index is 12.8. The number of carbonyl (C=O) groups is 1. The Hall–Kier alpha value is -2.20. The van der Waals surface area contributed by atoms with Crippen LogP contribution in [0.5, 0.6) is 5.75 Å². The lowest BCUT2D eigenvalue weighted by Gasteiger charge is -2.29. The van der Waals surface area contributed by atoms with Crippen molar-refractivity contribution in [2.24, 2.45) is 11.8 Å². The van der Waals surface area contributed by atoms with E-state index < -0.39 is 0 Å². The van der Waals surface area contributed by atoms with Gasteiger partial charge in [0.05, 0.1) is 12.6 Å². The molecular formula is C21H28N2O2. The molecule has 0 radical (unpaired) electrons. The van der Waals surface area contributed by atoms with E-state index in [4.69, 9.17) is 4.74 Å². The summed E-state index contributed by atoms with van der Waals surface area (Å²) in [7, 11) is 1.63. The SMILES string of the molecule is C.C=CC1CNCCC1CCC(=O)c1ccnc2ccc(OC)cc12. The van der Waals surface area contributed by atoms with Gasteiger partial charge in [0.15, 0.2) is 5.78 Å². The van der Waals surface area contributed by atoms with E-state index in [0.717, 1.165) is 48.1 Å². The van der Waals surface area contributed by atoms with Crippen LogP contribution < -0.4 is 10.1 Å². The molecule has 2 unspecified atom stereocenters. The third-order valence-electron chi connectivity index (χ3n) is 4.97. The molecule has 4 heteroatoms. The fraction of sp³-hybridized carbons (Fsp3) is 0.429. The largest absolute Gasteiger partial charge is 0.497 e. The first-order valence-electron chi connectivity index (χ1n) is 8.52. The topological polar surface area (TPSA) is 51.2 Å². The van der Waals surface area contributed by atoms with Crippen molar-refractivity contribution in [3.63, 3.8) is 0 Å². The van der Waals surface area contributed by atoms with Gasteiger partial charge >= 0.3 is 0 Å². The monoisotopic (exact) mass is 340 g/mol. The van der Waals surface area contributed by atoms with Crippen LogP contribution >= 0.6 is 0 Å². The lowest BCUT2D eigenvalue weighted by atomic mass is 9.82. The van der Waals surface area contributed by atoms with Gasteiger partial charge in [-0.05, 0) is 55.5 Å². The minimum atomic E-state index is 0. The van der Waals surface area contributed by atoms with Crippen molar-refractivity contribution in [3.8, 4) is 5.75 Å². The Bertz CT molecular complexity index is 742. The van der Waals surface area contributed by atoms with Crippen LogP contribution in [-0.4, -0.2) is 31.0 Å². The van der Waals surface area contributed by atoms with E-state index >= 15 is 0 Å². The molecule has 2 atom stereocenters. The number of benzene rings is 1. The number of ketones is 1. The third kappa shape index (κ3) is 4.26. The first-order chi connectivity index (χ1) is 11.7. The molecule has 0 amide bonds. The van der Waals surface area contributed by atoms with Crippen molar-refractivity contribution >= 4 is 16.7 Å². The molecule has 1 saturated heterocycles. The number of methoxy groups -OCH3 is 1. The van der Waals surface area contributed by atoms with Gasteiger partial charge in [0, 0.05) is 30.1 Å². The Labute approximate surface area is 150 Å². The third-order valence-corrected chi connectivity index (χ3v) is 4.97. The summed E-state index contributed by atoms with van der Waals surface area (Å²) in [4.78, 5) is 17.1.